The molecule has 1 aromatic carbocycles. The Hall–Kier alpha value is -1.71. The van der Waals surface area contributed by atoms with E-state index in [1.54, 1.807) is 0 Å². The molecular weight excluding hydrogens is 288 g/mol. The number of benzene rings is 1. The third-order valence-corrected chi connectivity index (χ3v) is 4.26. The predicted molar refractivity (Wildman–Crippen MR) is 70.9 cm³/mol. The van der Waals surface area contributed by atoms with Crippen LogP contribution in [0.5, 0.6) is 5.75 Å². The monoisotopic (exact) mass is 304 g/mol. The molecule has 0 atom stereocenters. The first kappa shape index (κ1) is 16.3. The highest BCUT2D eigenvalue weighted by Crippen LogP contribution is 2.29. The van der Waals surface area contributed by atoms with E-state index < -0.39 is 32.0 Å². The molecule has 0 unspecified atom stereocenters. The third kappa shape index (κ3) is 3.65. The van der Waals surface area contributed by atoms with Gasteiger partial charge in [0.15, 0.2) is 5.75 Å². The normalized spacial score (nSPS) is 12.7. The van der Waals surface area contributed by atoms with E-state index in [1.165, 1.54) is 20.9 Å². The summed E-state index contributed by atoms with van der Waals surface area (Å²) in [5.74, 6) is -0.612. The number of phenolic OH excluding ortho intramolecular Hbond substituents is 1. The van der Waals surface area contributed by atoms with E-state index in [0.29, 0.717) is 0 Å². The second kappa shape index (κ2) is 5.35. The van der Waals surface area contributed by atoms with E-state index in [4.69, 9.17) is 0 Å². The minimum Gasteiger partial charge on any atom is -0.502 e. The van der Waals surface area contributed by atoms with Crippen LogP contribution in [0.4, 0.5) is 5.69 Å². The van der Waals surface area contributed by atoms with Gasteiger partial charge in [0.1, 0.15) is 0 Å². The quantitative estimate of drug-likeness (QED) is 0.610. The maximum Gasteiger partial charge on any atom is 0.312 e. The van der Waals surface area contributed by atoms with Gasteiger partial charge in [-0.25, -0.2) is 8.42 Å². The zero-order chi connectivity index (χ0) is 15.7. The number of aromatic hydroxyl groups is 1. The fourth-order valence-corrected chi connectivity index (χ4v) is 2.97. The first-order valence-electron chi connectivity index (χ1n) is 5.61. The van der Waals surface area contributed by atoms with Crippen molar-refractivity contribution >= 4 is 15.7 Å². The maximum absolute atomic E-state index is 12.2. The molecule has 0 aliphatic carbocycles. The fraction of sp³-hybridized carbons (Fsp3) is 0.455. The highest BCUT2D eigenvalue weighted by atomic mass is 32.2. The van der Waals surface area contributed by atoms with Gasteiger partial charge in [-0.15, -0.1) is 0 Å². The molecule has 0 aromatic heterocycles. The van der Waals surface area contributed by atoms with Crippen LogP contribution in [0.1, 0.15) is 13.8 Å². The molecule has 0 saturated heterocycles. The summed E-state index contributed by atoms with van der Waals surface area (Å²) in [6.45, 7) is 2.71. The van der Waals surface area contributed by atoms with Crippen molar-refractivity contribution in [2.24, 2.45) is 0 Å². The largest absolute Gasteiger partial charge is 0.502 e. The molecule has 8 nitrogen and oxygen atoms in total. The number of hydrogen-bond donors (Lipinski definition) is 2. The van der Waals surface area contributed by atoms with Gasteiger partial charge in [-0.1, -0.05) is 0 Å². The molecule has 0 saturated carbocycles. The van der Waals surface area contributed by atoms with Gasteiger partial charge in [0.05, 0.1) is 15.4 Å². The summed E-state index contributed by atoms with van der Waals surface area (Å²) in [4.78, 5) is 9.50. The lowest BCUT2D eigenvalue weighted by Crippen LogP contribution is -2.39. The number of phenols is 1. The Labute approximate surface area is 116 Å². The van der Waals surface area contributed by atoms with Crippen LogP contribution in [0.2, 0.25) is 0 Å². The van der Waals surface area contributed by atoms with E-state index in [1.807, 2.05) is 0 Å². The van der Waals surface area contributed by atoms with Crippen LogP contribution in [0, 0.1) is 10.1 Å². The smallest absolute Gasteiger partial charge is 0.312 e. The van der Waals surface area contributed by atoms with Crippen molar-refractivity contribution in [1.82, 2.24) is 4.31 Å². The van der Waals surface area contributed by atoms with Crippen LogP contribution in [-0.4, -0.2) is 47.1 Å². The van der Waals surface area contributed by atoms with Gasteiger partial charge in [-0.3, -0.25) is 10.1 Å². The van der Waals surface area contributed by atoms with Crippen LogP contribution in [0.15, 0.2) is 23.1 Å². The summed E-state index contributed by atoms with van der Waals surface area (Å²) in [5, 5.41) is 29.6. The zero-order valence-electron chi connectivity index (χ0n) is 11.3. The Morgan fingerprint density at radius 2 is 1.95 bits per heavy atom. The van der Waals surface area contributed by atoms with Crippen molar-refractivity contribution in [3.8, 4) is 5.75 Å². The van der Waals surface area contributed by atoms with Crippen LogP contribution in [-0.2, 0) is 10.0 Å². The van der Waals surface area contributed by atoms with Gasteiger partial charge < -0.3 is 10.2 Å². The summed E-state index contributed by atoms with van der Waals surface area (Å²) in [7, 11) is -2.73. The first-order chi connectivity index (χ1) is 8.95. The summed E-state index contributed by atoms with van der Waals surface area (Å²) in [6.07, 6.45) is 0. The summed E-state index contributed by atoms with van der Waals surface area (Å²) in [6, 6.07) is 2.80. The van der Waals surface area contributed by atoms with Gasteiger partial charge in [0, 0.05) is 19.7 Å². The van der Waals surface area contributed by atoms with Crippen molar-refractivity contribution in [2.75, 3.05) is 13.6 Å². The Kier molecular flexibility index (Phi) is 4.37. The molecule has 0 radical (unpaired) electrons. The minimum absolute atomic E-state index is 0.177. The van der Waals surface area contributed by atoms with Crippen LogP contribution in [0.25, 0.3) is 0 Å². The number of hydrogen-bond acceptors (Lipinski definition) is 6. The molecule has 9 heteroatoms. The molecule has 1 aromatic rings. The average Bonchev–Trinajstić information content (AvgIpc) is 2.26. The first-order valence-corrected chi connectivity index (χ1v) is 7.05. The van der Waals surface area contributed by atoms with E-state index in [-0.39, 0.29) is 11.4 Å². The molecule has 0 amide bonds. The van der Waals surface area contributed by atoms with Crippen LogP contribution in [0.3, 0.4) is 0 Å². The van der Waals surface area contributed by atoms with Gasteiger partial charge in [0.2, 0.25) is 10.0 Å². The lowest BCUT2D eigenvalue weighted by molar-refractivity contribution is -0.386. The van der Waals surface area contributed by atoms with E-state index in [2.05, 4.69) is 0 Å². The summed E-state index contributed by atoms with van der Waals surface area (Å²) in [5.41, 5.74) is -1.94. The molecule has 1 rings (SSSR count). The number of aliphatic hydroxyl groups is 1. The van der Waals surface area contributed by atoms with Gasteiger partial charge in [-0.05, 0) is 26.0 Å². The highest BCUT2D eigenvalue weighted by molar-refractivity contribution is 7.89. The molecule has 0 heterocycles. The molecular formula is C11H16N2O6S. The molecule has 0 aliphatic rings. The summed E-state index contributed by atoms with van der Waals surface area (Å²) < 4.78 is 25.3. The molecule has 0 fully saturated rings. The number of nitro benzene ring substituents is 1. The van der Waals surface area contributed by atoms with Crippen molar-refractivity contribution in [1.29, 1.82) is 0 Å². The number of sulfonamides is 1. The van der Waals surface area contributed by atoms with Crippen molar-refractivity contribution < 1.29 is 23.6 Å². The van der Waals surface area contributed by atoms with Crippen LogP contribution < -0.4 is 0 Å². The Bertz CT molecular complexity index is 620. The molecule has 20 heavy (non-hydrogen) atoms. The number of likely N-dealkylation sites (N-methyl/N-ethyl adjacent to an activating group) is 1. The predicted octanol–water partition coefficient (Wildman–Crippen LogP) is 0.692. The highest BCUT2D eigenvalue weighted by Gasteiger charge is 2.28. The van der Waals surface area contributed by atoms with E-state index >= 15 is 0 Å². The summed E-state index contributed by atoms with van der Waals surface area (Å²) >= 11 is 0. The Morgan fingerprint density at radius 1 is 1.40 bits per heavy atom. The van der Waals surface area contributed by atoms with Gasteiger partial charge >= 0.3 is 5.69 Å². The topological polar surface area (TPSA) is 121 Å². The fourth-order valence-electron chi connectivity index (χ4n) is 1.62. The third-order valence-electron chi connectivity index (χ3n) is 2.46. The standard InChI is InChI=1S/C11H16N2O6S/c1-11(2,15)7-12(3)20(18,19)8-4-5-10(14)9(6-8)13(16)17/h4-6,14-15H,7H2,1-3H3. The molecule has 0 bridgehead atoms. The Balaban J connectivity index is 3.23. The number of nitrogens with zero attached hydrogens (tertiary/aromatic N) is 2. The van der Waals surface area contributed by atoms with Crippen molar-refractivity contribution in [3.63, 3.8) is 0 Å². The number of rotatable bonds is 5. The number of nitro groups is 1. The lowest BCUT2D eigenvalue weighted by atomic mass is 10.1. The van der Waals surface area contributed by atoms with Crippen molar-refractivity contribution in [2.45, 2.75) is 24.3 Å². The van der Waals surface area contributed by atoms with E-state index in [0.717, 1.165) is 22.5 Å². The average molecular weight is 304 g/mol. The minimum atomic E-state index is -3.99. The second-order valence-corrected chi connectivity index (χ2v) is 7.03. The molecule has 112 valence electrons. The molecule has 0 aliphatic heterocycles. The van der Waals surface area contributed by atoms with Gasteiger partial charge in [-0.2, -0.15) is 4.31 Å². The second-order valence-electron chi connectivity index (χ2n) is 4.98. The van der Waals surface area contributed by atoms with Crippen LogP contribution >= 0.6 is 0 Å². The SMILES string of the molecule is CN(CC(C)(C)O)S(=O)(=O)c1ccc(O)c([N+](=O)[O-])c1. The van der Waals surface area contributed by atoms with Gasteiger partial charge in [0.25, 0.3) is 0 Å². The lowest BCUT2D eigenvalue weighted by Gasteiger charge is -2.25. The molecule has 0 spiro atoms. The van der Waals surface area contributed by atoms with E-state index in [9.17, 15) is 28.7 Å². The Morgan fingerprint density at radius 3 is 2.40 bits per heavy atom. The van der Waals surface area contributed by atoms with Crippen molar-refractivity contribution in [3.05, 3.63) is 28.3 Å². The zero-order valence-corrected chi connectivity index (χ0v) is 12.1. The maximum atomic E-state index is 12.2. The molecule has 2 N–H and O–H groups in total.